The average Bonchev–Trinajstić information content (AvgIpc) is 2.53. The minimum Gasteiger partial charge on any atom is -0.776 e. The summed E-state index contributed by atoms with van der Waals surface area (Å²) in [6, 6.07) is 0. The molecule has 0 aliphatic rings. The topological polar surface area (TPSA) is 127 Å². The first-order valence-electron chi connectivity index (χ1n) is 9.40. The van der Waals surface area contributed by atoms with E-state index < -0.39 is 20.8 Å². The molecule has 0 aromatic rings. The number of unbranched alkanes of at least 4 members (excludes halogenated alkanes) is 12. The molecule has 0 saturated carbocycles. The average molecular weight is 424 g/mol. The zero-order valence-corrected chi connectivity index (χ0v) is 20.1. The van der Waals surface area contributed by atoms with E-state index in [1.165, 1.54) is 57.8 Å². The second kappa shape index (κ2) is 17.1. The molecule has 0 saturated heterocycles. The fourth-order valence-corrected chi connectivity index (χ4v) is 4.75. The van der Waals surface area contributed by atoms with Gasteiger partial charge in [0.05, 0.1) is 6.61 Å². The molecule has 0 amide bonds. The van der Waals surface area contributed by atoms with Crippen molar-refractivity contribution < 1.29 is 63.0 Å². The van der Waals surface area contributed by atoms with Crippen LogP contribution < -0.4 is 34.5 Å². The van der Waals surface area contributed by atoms with Crippen molar-refractivity contribution in [3.05, 3.63) is 0 Å². The molecule has 2 unspecified atom stereocenters. The molecule has 0 spiro atoms. The summed E-state index contributed by atoms with van der Waals surface area (Å²) in [5.74, 6) is 0. The van der Waals surface area contributed by atoms with Gasteiger partial charge in [0.2, 0.25) is 5.59 Å². The zero-order chi connectivity index (χ0) is 19.2. The van der Waals surface area contributed by atoms with Gasteiger partial charge in [-0.1, -0.05) is 84.0 Å². The summed E-state index contributed by atoms with van der Waals surface area (Å²) >= 11 is 0. The summed E-state index contributed by atoms with van der Waals surface area (Å²) in [6.45, 7) is 2.06. The smallest absolute Gasteiger partial charge is 0.776 e. The summed E-state index contributed by atoms with van der Waals surface area (Å²) in [4.78, 5) is 28.7. The number of aliphatic hydroxyl groups is 1. The van der Waals surface area contributed by atoms with E-state index in [0.29, 0.717) is 6.42 Å². The quantitative estimate of drug-likeness (QED) is 0.181. The molecule has 0 fully saturated rings. The summed E-state index contributed by atoms with van der Waals surface area (Å²) < 4.78 is 26.6. The molecule has 0 bridgehead atoms. The van der Waals surface area contributed by atoms with Crippen LogP contribution in [0, 0.1) is 0 Å². The Bertz CT molecular complexity index is 417. The predicted molar refractivity (Wildman–Crippen MR) is 97.3 cm³/mol. The molecule has 3 N–H and O–H groups in total. The van der Waals surface area contributed by atoms with Crippen LogP contribution in [0.25, 0.3) is 0 Å². The fraction of sp³-hybridized carbons (Fsp3) is 1.00. The Balaban J connectivity index is 0. The molecular weight excluding hydrogens is 389 g/mol. The standard InChI is InChI=1S/C16H36O7P2.Na/c1-2-3-4-5-6-7-8-9-10-11-12-13-14-15-23-25(21,22)16(17)24(18,19)20;/h16-17H,2-15H2,1H3,(H,21,22)(H2,18,19,20);/q;+1/p-1. The Kier molecular flexibility index (Phi) is 19.4. The van der Waals surface area contributed by atoms with E-state index in [1.54, 1.807) is 0 Å². The summed E-state index contributed by atoms with van der Waals surface area (Å²) in [7, 11) is -10.1. The predicted octanol–water partition coefficient (Wildman–Crippen LogP) is 1.11. The van der Waals surface area contributed by atoms with E-state index in [4.69, 9.17) is 14.9 Å². The van der Waals surface area contributed by atoms with E-state index in [0.717, 1.165) is 19.3 Å². The summed E-state index contributed by atoms with van der Waals surface area (Å²) in [5, 5.41) is 9.05. The molecule has 0 heterocycles. The molecule has 2 atom stereocenters. The van der Waals surface area contributed by atoms with Gasteiger partial charge in [0.25, 0.3) is 0 Å². The van der Waals surface area contributed by atoms with E-state index in [9.17, 15) is 14.0 Å². The van der Waals surface area contributed by atoms with E-state index in [1.807, 2.05) is 0 Å². The Hall–Kier alpha value is 1.26. The number of hydrogen-bond acceptors (Lipinski definition) is 5. The molecular formula is C16H35NaO7P2. The van der Waals surface area contributed by atoms with Crippen molar-refractivity contribution >= 4 is 15.2 Å². The van der Waals surface area contributed by atoms with Gasteiger partial charge in [0.15, 0.2) is 7.60 Å². The molecule has 0 radical (unpaired) electrons. The van der Waals surface area contributed by atoms with Crippen LogP contribution in [0.3, 0.4) is 0 Å². The second-order valence-corrected chi connectivity index (χ2v) is 10.5. The van der Waals surface area contributed by atoms with Crippen molar-refractivity contribution in [3.8, 4) is 0 Å². The van der Waals surface area contributed by atoms with Crippen molar-refractivity contribution in [3.63, 3.8) is 0 Å². The van der Waals surface area contributed by atoms with Gasteiger partial charge in [-0.15, -0.1) is 0 Å². The van der Waals surface area contributed by atoms with E-state index in [2.05, 4.69) is 11.4 Å². The zero-order valence-electron chi connectivity index (χ0n) is 16.3. The maximum absolute atomic E-state index is 11.4. The number of aliphatic hydroxyl groups excluding tert-OH is 1. The molecule has 152 valence electrons. The molecule has 0 aromatic heterocycles. The number of hydrogen-bond donors (Lipinski definition) is 3. The Morgan fingerprint density at radius 3 is 1.50 bits per heavy atom. The van der Waals surface area contributed by atoms with Crippen LogP contribution in [-0.2, 0) is 13.7 Å². The van der Waals surface area contributed by atoms with Gasteiger partial charge in [0, 0.05) is 0 Å². The normalized spacial score (nSPS) is 15.3. The van der Waals surface area contributed by atoms with Crippen molar-refractivity contribution in [2.45, 2.75) is 96.0 Å². The van der Waals surface area contributed by atoms with Gasteiger partial charge in [-0.3, -0.25) is 4.57 Å². The third-order valence-corrected chi connectivity index (χ3v) is 7.56. The van der Waals surface area contributed by atoms with Crippen LogP contribution in [0.5, 0.6) is 0 Å². The maximum Gasteiger partial charge on any atom is 1.00 e. The summed E-state index contributed by atoms with van der Waals surface area (Å²) in [6.07, 6.45) is 15.0. The van der Waals surface area contributed by atoms with Crippen LogP contribution in [0.1, 0.15) is 90.4 Å². The minimum atomic E-state index is -5.11. The van der Waals surface area contributed by atoms with Crippen molar-refractivity contribution in [1.29, 1.82) is 0 Å². The van der Waals surface area contributed by atoms with Gasteiger partial charge < -0.3 is 28.9 Å². The molecule has 0 aliphatic carbocycles. The van der Waals surface area contributed by atoms with Crippen LogP contribution in [0.4, 0.5) is 0 Å². The first-order chi connectivity index (χ1) is 11.7. The van der Waals surface area contributed by atoms with Crippen LogP contribution in [-0.4, -0.2) is 27.1 Å². The van der Waals surface area contributed by atoms with Gasteiger partial charge in [-0.25, -0.2) is 0 Å². The van der Waals surface area contributed by atoms with Crippen LogP contribution in [0.15, 0.2) is 0 Å². The van der Waals surface area contributed by atoms with Gasteiger partial charge >= 0.3 is 37.2 Å². The molecule has 10 heteroatoms. The van der Waals surface area contributed by atoms with Gasteiger partial charge in [-0.05, 0) is 6.42 Å². The molecule has 7 nitrogen and oxygen atoms in total. The number of rotatable bonds is 17. The van der Waals surface area contributed by atoms with Crippen molar-refractivity contribution in [2.24, 2.45) is 0 Å². The first kappa shape index (κ1) is 29.5. The second-order valence-electron chi connectivity index (χ2n) is 6.55. The Morgan fingerprint density at radius 2 is 1.15 bits per heavy atom. The van der Waals surface area contributed by atoms with E-state index in [-0.39, 0.29) is 36.2 Å². The molecule has 0 rings (SSSR count). The van der Waals surface area contributed by atoms with Crippen LogP contribution in [0.2, 0.25) is 0 Å². The monoisotopic (exact) mass is 424 g/mol. The maximum atomic E-state index is 11.4. The third-order valence-electron chi connectivity index (χ3n) is 4.10. The van der Waals surface area contributed by atoms with Crippen LogP contribution >= 0.6 is 15.2 Å². The summed E-state index contributed by atoms with van der Waals surface area (Å²) in [5.41, 5.74) is -2.78. The molecule has 0 aromatic carbocycles. The van der Waals surface area contributed by atoms with E-state index >= 15 is 0 Å². The first-order valence-corrected chi connectivity index (χ1v) is 12.7. The molecule has 26 heavy (non-hydrogen) atoms. The minimum absolute atomic E-state index is 0. The Labute approximate surface area is 180 Å². The Morgan fingerprint density at radius 1 is 0.808 bits per heavy atom. The fourth-order valence-electron chi connectivity index (χ4n) is 2.56. The van der Waals surface area contributed by atoms with Gasteiger partial charge in [-0.2, -0.15) is 0 Å². The van der Waals surface area contributed by atoms with Crippen molar-refractivity contribution in [2.75, 3.05) is 6.61 Å². The van der Waals surface area contributed by atoms with Gasteiger partial charge in [0.1, 0.15) is 0 Å². The molecule has 0 aliphatic heterocycles. The SMILES string of the molecule is CCCCCCCCCCCCCCCOP(=O)([O-])C(O)P(=O)(O)O.[Na+]. The largest absolute Gasteiger partial charge is 1.00 e. The van der Waals surface area contributed by atoms with Crippen molar-refractivity contribution in [1.82, 2.24) is 0 Å². The third kappa shape index (κ3) is 16.2.